The predicted octanol–water partition coefficient (Wildman–Crippen LogP) is 1.82. The summed E-state index contributed by atoms with van der Waals surface area (Å²) in [5.41, 5.74) is 3.28. The van der Waals surface area contributed by atoms with Gasteiger partial charge in [-0.05, 0) is 42.3 Å². The molecule has 0 spiro atoms. The number of hydrogen-bond donors (Lipinski definition) is 1. The normalized spacial score (nSPS) is 12.4. The molecule has 0 fully saturated rings. The van der Waals surface area contributed by atoms with Gasteiger partial charge in [0.1, 0.15) is 6.54 Å². The third-order valence-corrected chi connectivity index (χ3v) is 5.09. The molecule has 3 amide bonds. The van der Waals surface area contributed by atoms with Crippen LogP contribution in [0.5, 0.6) is 0 Å². The number of nitrogens with zero attached hydrogens (tertiary/aromatic N) is 5. The summed E-state index contributed by atoms with van der Waals surface area (Å²) in [6.07, 6.45) is 2.26. The van der Waals surface area contributed by atoms with Crippen LogP contribution in [0.1, 0.15) is 26.4 Å². The lowest BCUT2D eigenvalue weighted by molar-refractivity contribution is -0.129. The molecule has 1 N–H and O–H groups in total. The molecule has 2 heterocycles. The van der Waals surface area contributed by atoms with E-state index in [-0.39, 0.29) is 24.1 Å². The van der Waals surface area contributed by atoms with Crippen LogP contribution in [0.4, 0.5) is 11.4 Å². The smallest absolute Gasteiger partial charge is 0.277 e. The van der Waals surface area contributed by atoms with E-state index < -0.39 is 5.91 Å². The number of carbonyl (C=O) groups is 3. The third kappa shape index (κ3) is 4.30. The van der Waals surface area contributed by atoms with Crippen LogP contribution in [0.2, 0.25) is 0 Å². The molecule has 0 unspecified atom stereocenters. The van der Waals surface area contributed by atoms with Crippen molar-refractivity contribution in [2.24, 2.45) is 0 Å². The fourth-order valence-corrected chi connectivity index (χ4v) is 3.36. The van der Waals surface area contributed by atoms with Gasteiger partial charge in [0, 0.05) is 37.6 Å². The van der Waals surface area contributed by atoms with Crippen molar-refractivity contribution < 1.29 is 14.4 Å². The number of fused-ring (bicyclic) bond motifs is 1. The Hall–Kier alpha value is -4.01. The standard InChI is InChI=1S/C22H22N6O3/c1-26(2)20(29)14-27-13-18(24-25-27)21(30)23-17-9-7-16(8-10-17)22(31)28-12-11-15-5-3-4-6-19(15)28/h3-10,13H,11-12,14H2,1-2H3,(H,23,30). The van der Waals surface area contributed by atoms with Crippen molar-refractivity contribution >= 4 is 29.1 Å². The summed E-state index contributed by atoms with van der Waals surface area (Å²) in [6.45, 7) is 0.659. The van der Waals surface area contributed by atoms with Gasteiger partial charge in [-0.25, -0.2) is 4.68 Å². The van der Waals surface area contributed by atoms with Gasteiger partial charge in [0.05, 0.1) is 6.20 Å². The summed E-state index contributed by atoms with van der Waals surface area (Å²) < 4.78 is 1.31. The minimum absolute atomic E-state index is 0.00369. The van der Waals surface area contributed by atoms with E-state index in [4.69, 9.17) is 0 Å². The Bertz CT molecular complexity index is 1140. The molecule has 1 aliphatic rings. The number of aromatic nitrogens is 3. The lowest BCUT2D eigenvalue weighted by Crippen LogP contribution is -2.28. The van der Waals surface area contributed by atoms with Gasteiger partial charge in [-0.1, -0.05) is 23.4 Å². The second-order valence-electron chi connectivity index (χ2n) is 7.46. The summed E-state index contributed by atoms with van der Waals surface area (Å²) in [7, 11) is 3.29. The molecule has 158 valence electrons. The van der Waals surface area contributed by atoms with Crippen molar-refractivity contribution in [3.8, 4) is 0 Å². The average molecular weight is 418 g/mol. The Labute approximate surface area is 179 Å². The van der Waals surface area contributed by atoms with Crippen LogP contribution in [0.25, 0.3) is 0 Å². The number of para-hydroxylation sites is 1. The summed E-state index contributed by atoms with van der Waals surface area (Å²) in [6, 6.07) is 14.6. The van der Waals surface area contributed by atoms with Gasteiger partial charge in [-0.2, -0.15) is 0 Å². The van der Waals surface area contributed by atoms with Gasteiger partial charge in [0.15, 0.2) is 5.69 Å². The molecule has 31 heavy (non-hydrogen) atoms. The maximum absolute atomic E-state index is 12.9. The number of amides is 3. The van der Waals surface area contributed by atoms with Crippen LogP contribution in [0.3, 0.4) is 0 Å². The van der Waals surface area contributed by atoms with Crippen molar-refractivity contribution in [3.63, 3.8) is 0 Å². The molecule has 9 nitrogen and oxygen atoms in total. The molecule has 0 atom stereocenters. The first kappa shape index (κ1) is 20.3. The quantitative estimate of drug-likeness (QED) is 0.681. The highest BCUT2D eigenvalue weighted by Crippen LogP contribution is 2.29. The van der Waals surface area contributed by atoms with Crippen molar-refractivity contribution in [1.82, 2.24) is 19.9 Å². The van der Waals surface area contributed by atoms with E-state index in [1.54, 1.807) is 43.3 Å². The first-order chi connectivity index (χ1) is 14.9. The fourth-order valence-electron chi connectivity index (χ4n) is 3.36. The molecule has 4 rings (SSSR count). The predicted molar refractivity (Wildman–Crippen MR) is 115 cm³/mol. The zero-order valence-electron chi connectivity index (χ0n) is 17.3. The van der Waals surface area contributed by atoms with Gasteiger partial charge < -0.3 is 15.1 Å². The van der Waals surface area contributed by atoms with Gasteiger partial charge in [-0.3, -0.25) is 14.4 Å². The Kier molecular flexibility index (Phi) is 5.48. The second-order valence-corrected chi connectivity index (χ2v) is 7.46. The third-order valence-electron chi connectivity index (χ3n) is 5.09. The molecule has 0 saturated carbocycles. The Morgan fingerprint density at radius 1 is 1.06 bits per heavy atom. The molecule has 0 saturated heterocycles. The van der Waals surface area contributed by atoms with E-state index >= 15 is 0 Å². The first-order valence-electron chi connectivity index (χ1n) is 9.84. The SMILES string of the molecule is CN(C)C(=O)Cn1cc(C(=O)Nc2ccc(C(=O)N3CCc4ccccc43)cc2)nn1. The summed E-state index contributed by atoms with van der Waals surface area (Å²) in [5.74, 6) is -0.676. The highest BCUT2D eigenvalue weighted by molar-refractivity contribution is 6.08. The molecular formula is C22H22N6O3. The second kappa shape index (κ2) is 8.39. The molecule has 1 aromatic heterocycles. The molecule has 1 aliphatic heterocycles. The Balaban J connectivity index is 1.40. The minimum Gasteiger partial charge on any atom is -0.347 e. The number of nitrogens with one attached hydrogen (secondary N) is 1. The van der Waals surface area contributed by atoms with E-state index in [1.807, 2.05) is 24.3 Å². The first-order valence-corrected chi connectivity index (χ1v) is 9.84. The Morgan fingerprint density at radius 3 is 2.55 bits per heavy atom. The highest BCUT2D eigenvalue weighted by atomic mass is 16.2. The number of likely N-dealkylation sites (N-methyl/N-ethyl adjacent to an activating group) is 1. The van der Waals surface area contributed by atoms with Crippen molar-refractivity contribution in [2.45, 2.75) is 13.0 Å². The monoisotopic (exact) mass is 418 g/mol. The molecular weight excluding hydrogens is 396 g/mol. The van der Waals surface area contributed by atoms with Crippen LogP contribution < -0.4 is 10.2 Å². The van der Waals surface area contributed by atoms with E-state index in [2.05, 4.69) is 15.6 Å². The summed E-state index contributed by atoms with van der Waals surface area (Å²) >= 11 is 0. The minimum atomic E-state index is -0.448. The lowest BCUT2D eigenvalue weighted by atomic mass is 10.1. The average Bonchev–Trinajstić information content (AvgIpc) is 3.41. The van der Waals surface area contributed by atoms with E-state index in [0.717, 1.165) is 12.1 Å². The van der Waals surface area contributed by atoms with Gasteiger partial charge in [0.25, 0.3) is 11.8 Å². The van der Waals surface area contributed by atoms with Crippen LogP contribution in [-0.4, -0.2) is 58.3 Å². The van der Waals surface area contributed by atoms with Crippen LogP contribution in [-0.2, 0) is 17.8 Å². The number of carbonyl (C=O) groups excluding carboxylic acids is 3. The maximum atomic E-state index is 12.9. The van der Waals surface area contributed by atoms with E-state index in [0.29, 0.717) is 17.8 Å². The molecule has 0 bridgehead atoms. The molecule has 9 heteroatoms. The van der Waals surface area contributed by atoms with Gasteiger partial charge in [-0.15, -0.1) is 5.10 Å². The number of rotatable bonds is 5. The number of benzene rings is 2. The van der Waals surface area contributed by atoms with Crippen molar-refractivity contribution in [2.75, 3.05) is 30.9 Å². The van der Waals surface area contributed by atoms with Crippen molar-refractivity contribution in [3.05, 3.63) is 71.5 Å². The highest BCUT2D eigenvalue weighted by Gasteiger charge is 2.25. The zero-order chi connectivity index (χ0) is 22.0. The lowest BCUT2D eigenvalue weighted by Gasteiger charge is -2.17. The molecule has 3 aromatic rings. The number of anilines is 2. The van der Waals surface area contributed by atoms with E-state index in [1.165, 1.54) is 21.3 Å². The van der Waals surface area contributed by atoms with Crippen LogP contribution >= 0.6 is 0 Å². The van der Waals surface area contributed by atoms with Gasteiger partial charge >= 0.3 is 0 Å². The fraction of sp³-hybridized carbons (Fsp3) is 0.227. The molecule has 0 aliphatic carbocycles. The molecule has 0 radical (unpaired) electrons. The van der Waals surface area contributed by atoms with Crippen LogP contribution in [0, 0.1) is 0 Å². The molecule has 2 aromatic carbocycles. The summed E-state index contributed by atoms with van der Waals surface area (Å²) in [5, 5.41) is 10.3. The number of hydrogen-bond acceptors (Lipinski definition) is 5. The largest absolute Gasteiger partial charge is 0.347 e. The zero-order valence-corrected chi connectivity index (χ0v) is 17.3. The van der Waals surface area contributed by atoms with E-state index in [9.17, 15) is 14.4 Å². The topological polar surface area (TPSA) is 100 Å². The maximum Gasteiger partial charge on any atom is 0.277 e. The van der Waals surface area contributed by atoms with Gasteiger partial charge in [0.2, 0.25) is 5.91 Å². The Morgan fingerprint density at radius 2 is 1.81 bits per heavy atom. The van der Waals surface area contributed by atoms with Crippen LogP contribution in [0.15, 0.2) is 54.7 Å². The summed E-state index contributed by atoms with van der Waals surface area (Å²) in [4.78, 5) is 40.3. The van der Waals surface area contributed by atoms with Crippen molar-refractivity contribution in [1.29, 1.82) is 0 Å².